The third-order valence-electron chi connectivity index (χ3n) is 3.58. The molecule has 1 saturated heterocycles. The van der Waals surface area contributed by atoms with Gasteiger partial charge in [0.05, 0.1) is 11.7 Å². The highest BCUT2D eigenvalue weighted by Crippen LogP contribution is 2.29. The number of fused-ring (bicyclic) bond motifs is 1. The highest BCUT2D eigenvalue weighted by atomic mass is 15.1. The standard InChI is InChI=1S/C13H17N3/c1-9-6-11(10-2-4-14-5-3-10)7-12-8-15-16-13(9)12/h6-8,10,14H,2-5H2,1H3,(H,15,16). The molecule has 1 aliphatic heterocycles. The first-order valence-electron chi connectivity index (χ1n) is 5.99. The summed E-state index contributed by atoms with van der Waals surface area (Å²) >= 11 is 0. The first kappa shape index (κ1) is 9.85. The zero-order chi connectivity index (χ0) is 11.0. The van der Waals surface area contributed by atoms with Crippen molar-refractivity contribution < 1.29 is 0 Å². The molecule has 0 unspecified atom stereocenters. The molecule has 1 fully saturated rings. The highest BCUT2D eigenvalue weighted by Gasteiger charge is 2.16. The second-order valence-electron chi connectivity index (χ2n) is 4.70. The van der Waals surface area contributed by atoms with Crippen LogP contribution in [0.1, 0.15) is 29.9 Å². The molecule has 0 spiro atoms. The van der Waals surface area contributed by atoms with Crippen LogP contribution in [0.3, 0.4) is 0 Å². The highest BCUT2D eigenvalue weighted by molar-refractivity contribution is 5.82. The third-order valence-corrected chi connectivity index (χ3v) is 3.58. The van der Waals surface area contributed by atoms with E-state index in [1.807, 2.05) is 6.20 Å². The van der Waals surface area contributed by atoms with Crippen LogP contribution in [0.5, 0.6) is 0 Å². The van der Waals surface area contributed by atoms with Gasteiger partial charge in [0.1, 0.15) is 0 Å². The first-order chi connectivity index (χ1) is 7.84. The normalized spacial score (nSPS) is 18.1. The van der Waals surface area contributed by atoms with Crippen LogP contribution in [0.15, 0.2) is 18.3 Å². The van der Waals surface area contributed by atoms with E-state index in [0.29, 0.717) is 0 Å². The Morgan fingerprint density at radius 2 is 2.06 bits per heavy atom. The number of aryl methyl sites for hydroxylation is 1. The second kappa shape index (κ2) is 3.91. The molecule has 3 heteroatoms. The number of aromatic nitrogens is 2. The van der Waals surface area contributed by atoms with Crippen molar-refractivity contribution in [2.24, 2.45) is 0 Å². The number of piperidine rings is 1. The minimum absolute atomic E-state index is 0.722. The Kier molecular flexibility index (Phi) is 2.40. The molecule has 0 saturated carbocycles. The summed E-state index contributed by atoms with van der Waals surface area (Å²) in [5, 5.41) is 11.8. The summed E-state index contributed by atoms with van der Waals surface area (Å²) in [7, 11) is 0. The summed E-state index contributed by atoms with van der Waals surface area (Å²) in [5.74, 6) is 0.722. The van der Waals surface area contributed by atoms with Gasteiger partial charge in [-0.1, -0.05) is 6.07 Å². The van der Waals surface area contributed by atoms with Gasteiger partial charge in [-0.05, 0) is 56.0 Å². The molecule has 0 atom stereocenters. The van der Waals surface area contributed by atoms with Crippen LogP contribution in [0.4, 0.5) is 0 Å². The average Bonchev–Trinajstić information content (AvgIpc) is 2.79. The van der Waals surface area contributed by atoms with E-state index in [-0.39, 0.29) is 0 Å². The molecule has 84 valence electrons. The van der Waals surface area contributed by atoms with Crippen molar-refractivity contribution in [3.63, 3.8) is 0 Å². The number of hydrogen-bond donors (Lipinski definition) is 2. The number of nitrogens with one attached hydrogen (secondary N) is 2. The molecular weight excluding hydrogens is 198 g/mol. The van der Waals surface area contributed by atoms with E-state index in [4.69, 9.17) is 0 Å². The number of H-pyrrole nitrogens is 1. The van der Waals surface area contributed by atoms with Gasteiger partial charge in [0, 0.05) is 5.39 Å². The topological polar surface area (TPSA) is 40.7 Å². The lowest BCUT2D eigenvalue weighted by molar-refractivity contribution is 0.460. The first-order valence-corrected chi connectivity index (χ1v) is 5.99. The predicted molar refractivity (Wildman–Crippen MR) is 65.7 cm³/mol. The zero-order valence-corrected chi connectivity index (χ0v) is 9.59. The Morgan fingerprint density at radius 1 is 1.25 bits per heavy atom. The fraction of sp³-hybridized carbons (Fsp3) is 0.462. The molecule has 1 aromatic heterocycles. The minimum atomic E-state index is 0.722. The zero-order valence-electron chi connectivity index (χ0n) is 9.59. The maximum atomic E-state index is 4.11. The number of nitrogens with zero attached hydrogens (tertiary/aromatic N) is 1. The van der Waals surface area contributed by atoms with E-state index in [2.05, 4.69) is 34.6 Å². The number of benzene rings is 1. The molecule has 2 aromatic rings. The summed E-state index contributed by atoms with van der Waals surface area (Å²) in [6.07, 6.45) is 4.43. The summed E-state index contributed by atoms with van der Waals surface area (Å²) < 4.78 is 0. The number of hydrogen-bond acceptors (Lipinski definition) is 2. The van der Waals surface area contributed by atoms with E-state index in [1.54, 1.807) is 0 Å². The molecule has 2 heterocycles. The van der Waals surface area contributed by atoms with Crippen LogP contribution in [-0.4, -0.2) is 23.3 Å². The lowest BCUT2D eigenvalue weighted by Crippen LogP contribution is -2.26. The van der Waals surface area contributed by atoms with Crippen molar-refractivity contribution in [2.45, 2.75) is 25.7 Å². The smallest absolute Gasteiger partial charge is 0.0679 e. The Morgan fingerprint density at radius 3 is 2.88 bits per heavy atom. The number of aromatic amines is 1. The van der Waals surface area contributed by atoms with Crippen LogP contribution in [-0.2, 0) is 0 Å². The lowest BCUT2D eigenvalue weighted by Gasteiger charge is -2.23. The fourth-order valence-electron chi connectivity index (χ4n) is 2.66. The third kappa shape index (κ3) is 1.61. The fourth-order valence-corrected chi connectivity index (χ4v) is 2.66. The van der Waals surface area contributed by atoms with E-state index in [9.17, 15) is 0 Å². The molecule has 0 aliphatic carbocycles. The lowest BCUT2D eigenvalue weighted by atomic mass is 9.88. The molecular formula is C13H17N3. The summed E-state index contributed by atoms with van der Waals surface area (Å²) in [5.41, 5.74) is 3.97. The van der Waals surface area contributed by atoms with Crippen molar-refractivity contribution in [1.29, 1.82) is 0 Å². The maximum absolute atomic E-state index is 4.11. The summed E-state index contributed by atoms with van der Waals surface area (Å²) in [4.78, 5) is 0. The SMILES string of the molecule is Cc1cc(C2CCNCC2)cc2cn[nH]c12. The van der Waals surface area contributed by atoms with Gasteiger partial charge in [0.2, 0.25) is 0 Å². The van der Waals surface area contributed by atoms with Gasteiger partial charge in [-0.2, -0.15) is 5.10 Å². The van der Waals surface area contributed by atoms with Crippen molar-refractivity contribution >= 4 is 10.9 Å². The summed E-state index contributed by atoms with van der Waals surface area (Å²) in [6, 6.07) is 4.61. The van der Waals surface area contributed by atoms with Crippen molar-refractivity contribution in [1.82, 2.24) is 15.5 Å². The Balaban J connectivity index is 2.02. The van der Waals surface area contributed by atoms with Crippen molar-refractivity contribution in [2.75, 3.05) is 13.1 Å². The van der Waals surface area contributed by atoms with Gasteiger partial charge >= 0.3 is 0 Å². The van der Waals surface area contributed by atoms with Crippen LogP contribution < -0.4 is 5.32 Å². The van der Waals surface area contributed by atoms with Crippen LogP contribution in [0.2, 0.25) is 0 Å². The summed E-state index contributed by atoms with van der Waals surface area (Å²) in [6.45, 7) is 4.45. The predicted octanol–water partition coefficient (Wildman–Crippen LogP) is 2.34. The molecule has 0 bridgehead atoms. The number of rotatable bonds is 1. The molecule has 16 heavy (non-hydrogen) atoms. The average molecular weight is 215 g/mol. The van der Waals surface area contributed by atoms with Gasteiger partial charge in [-0.3, -0.25) is 5.10 Å². The van der Waals surface area contributed by atoms with E-state index >= 15 is 0 Å². The van der Waals surface area contributed by atoms with Crippen LogP contribution >= 0.6 is 0 Å². The molecule has 1 aliphatic rings. The van der Waals surface area contributed by atoms with Gasteiger partial charge in [0.25, 0.3) is 0 Å². The van der Waals surface area contributed by atoms with Crippen LogP contribution in [0.25, 0.3) is 10.9 Å². The minimum Gasteiger partial charge on any atom is -0.317 e. The van der Waals surface area contributed by atoms with E-state index < -0.39 is 0 Å². The Labute approximate surface area is 95.2 Å². The quantitative estimate of drug-likeness (QED) is 0.766. The van der Waals surface area contributed by atoms with Crippen molar-refractivity contribution in [3.8, 4) is 0 Å². The monoisotopic (exact) mass is 215 g/mol. The van der Waals surface area contributed by atoms with E-state index in [1.165, 1.54) is 34.9 Å². The Hall–Kier alpha value is -1.35. The van der Waals surface area contributed by atoms with Gasteiger partial charge < -0.3 is 5.32 Å². The van der Waals surface area contributed by atoms with Crippen molar-refractivity contribution in [3.05, 3.63) is 29.5 Å². The molecule has 2 N–H and O–H groups in total. The van der Waals surface area contributed by atoms with Crippen LogP contribution in [0, 0.1) is 6.92 Å². The molecule has 3 rings (SSSR count). The van der Waals surface area contributed by atoms with Gasteiger partial charge in [-0.25, -0.2) is 0 Å². The second-order valence-corrected chi connectivity index (χ2v) is 4.70. The maximum Gasteiger partial charge on any atom is 0.0679 e. The molecule has 1 aromatic carbocycles. The van der Waals surface area contributed by atoms with Gasteiger partial charge in [-0.15, -0.1) is 0 Å². The van der Waals surface area contributed by atoms with E-state index in [0.717, 1.165) is 19.0 Å². The molecule has 0 radical (unpaired) electrons. The Bertz CT molecular complexity index is 495. The van der Waals surface area contributed by atoms with Gasteiger partial charge in [0.15, 0.2) is 0 Å². The molecule has 3 nitrogen and oxygen atoms in total. The molecule has 0 amide bonds. The largest absolute Gasteiger partial charge is 0.317 e.